The summed E-state index contributed by atoms with van der Waals surface area (Å²) in [4.78, 5) is 0. The highest BCUT2D eigenvalue weighted by Gasteiger charge is 1.92. The van der Waals surface area contributed by atoms with Crippen LogP contribution in [0.15, 0.2) is 79.9 Å². The van der Waals surface area contributed by atoms with Gasteiger partial charge in [0.2, 0.25) is 0 Å². The van der Waals surface area contributed by atoms with Gasteiger partial charge in [0.05, 0.1) is 0 Å². The number of rotatable bonds is 5. The van der Waals surface area contributed by atoms with E-state index in [0.717, 1.165) is 6.54 Å². The molecule has 0 bridgehead atoms. The van der Waals surface area contributed by atoms with Crippen LogP contribution >= 0.6 is 0 Å². The number of nitrogens with one attached hydrogen (secondary N) is 1. The molecule has 0 saturated carbocycles. The van der Waals surface area contributed by atoms with Crippen molar-refractivity contribution in [3.05, 3.63) is 85.5 Å². The molecule has 1 nitrogen and oxygen atoms in total. The summed E-state index contributed by atoms with van der Waals surface area (Å²) in [6.07, 6.45) is 12.0. The lowest BCUT2D eigenvalue weighted by atomic mass is 10.2. The molecular weight excluding hydrogens is 278 g/mol. The summed E-state index contributed by atoms with van der Waals surface area (Å²) in [7, 11) is 0. The summed E-state index contributed by atoms with van der Waals surface area (Å²) >= 11 is 0. The SMILES string of the molecule is C=C.CC.CC(C)NCc1ccccc1.C\C=C/C=C\C=C\C. The van der Waals surface area contributed by atoms with Gasteiger partial charge in [-0.05, 0) is 19.4 Å². The average molecular weight is 316 g/mol. The quantitative estimate of drug-likeness (QED) is 0.470. The second kappa shape index (κ2) is 25.1. The molecule has 0 aromatic heterocycles. The molecule has 0 fully saturated rings. The maximum absolute atomic E-state index is 3.36. The van der Waals surface area contributed by atoms with Crippen molar-refractivity contribution in [2.24, 2.45) is 0 Å². The fourth-order valence-electron chi connectivity index (χ4n) is 1.27. The number of hydrogen-bond acceptors (Lipinski definition) is 1. The topological polar surface area (TPSA) is 12.0 Å². The van der Waals surface area contributed by atoms with E-state index < -0.39 is 0 Å². The highest BCUT2D eigenvalue weighted by molar-refractivity contribution is 5.14. The smallest absolute Gasteiger partial charge is 0.0207 e. The maximum atomic E-state index is 3.36. The molecule has 1 N–H and O–H groups in total. The molecule has 0 aliphatic heterocycles. The van der Waals surface area contributed by atoms with Crippen molar-refractivity contribution in [3.63, 3.8) is 0 Å². The van der Waals surface area contributed by atoms with Gasteiger partial charge in [-0.25, -0.2) is 0 Å². The van der Waals surface area contributed by atoms with E-state index in [4.69, 9.17) is 0 Å². The molecule has 0 aliphatic rings. The molecule has 1 heteroatoms. The summed E-state index contributed by atoms with van der Waals surface area (Å²) in [5.41, 5.74) is 1.35. The van der Waals surface area contributed by atoms with Gasteiger partial charge in [0, 0.05) is 12.6 Å². The predicted molar refractivity (Wildman–Crippen MR) is 110 cm³/mol. The van der Waals surface area contributed by atoms with Crippen molar-refractivity contribution >= 4 is 0 Å². The van der Waals surface area contributed by atoms with Crippen molar-refractivity contribution < 1.29 is 0 Å². The third-order valence-corrected chi connectivity index (χ3v) is 2.28. The standard InChI is InChI=1S/C10H15N.C8H12.C2H6.C2H4/c1-9(2)11-8-10-6-4-3-5-7-10;1-3-5-7-8-6-4-2;2*1-2/h3-7,9,11H,8H2,1-2H3;3-8H,1-2H3;1-2H3;1-2H2/b;5-3-,6-4+,8-7-;;. The minimum Gasteiger partial charge on any atom is -0.310 e. The van der Waals surface area contributed by atoms with E-state index in [0.29, 0.717) is 6.04 Å². The van der Waals surface area contributed by atoms with Crippen LogP contribution < -0.4 is 5.32 Å². The van der Waals surface area contributed by atoms with Crippen LogP contribution in [0.25, 0.3) is 0 Å². The van der Waals surface area contributed by atoms with Gasteiger partial charge < -0.3 is 5.32 Å². The Hall–Kier alpha value is -1.86. The van der Waals surface area contributed by atoms with E-state index in [2.05, 4.69) is 56.6 Å². The molecule has 0 amide bonds. The van der Waals surface area contributed by atoms with Crippen LogP contribution in [0.4, 0.5) is 0 Å². The molecule has 0 aliphatic carbocycles. The predicted octanol–water partition coefficient (Wildman–Crippen LogP) is 6.71. The van der Waals surface area contributed by atoms with E-state index in [-0.39, 0.29) is 0 Å². The van der Waals surface area contributed by atoms with Crippen molar-refractivity contribution in [1.29, 1.82) is 0 Å². The van der Waals surface area contributed by atoms with Gasteiger partial charge in [-0.3, -0.25) is 0 Å². The lowest BCUT2D eigenvalue weighted by Gasteiger charge is -2.06. The summed E-state index contributed by atoms with van der Waals surface area (Å²) in [6.45, 7) is 19.3. The normalized spacial score (nSPS) is 9.87. The molecule has 1 aromatic carbocycles. The Morgan fingerprint density at radius 3 is 1.65 bits per heavy atom. The van der Waals surface area contributed by atoms with Crippen LogP contribution in [0.1, 0.15) is 47.1 Å². The lowest BCUT2D eigenvalue weighted by molar-refractivity contribution is 0.589. The Morgan fingerprint density at radius 1 is 0.870 bits per heavy atom. The zero-order valence-corrected chi connectivity index (χ0v) is 16.0. The van der Waals surface area contributed by atoms with Crippen molar-refractivity contribution in [2.45, 2.75) is 54.1 Å². The first-order chi connectivity index (χ1) is 11.2. The van der Waals surface area contributed by atoms with E-state index >= 15 is 0 Å². The zero-order valence-electron chi connectivity index (χ0n) is 16.0. The molecule has 130 valence electrons. The first-order valence-electron chi connectivity index (χ1n) is 8.38. The second-order valence-electron chi connectivity index (χ2n) is 4.46. The van der Waals surface area contributed by atoms with Gasteiger partial charge in [-0.2, -0.15) is 0 Å². The molecule has 0 unspecified atom stereocenters. The largest absolute Gasteiger partial charge is 0.310 e. The van der Waals surface area contributed by atoms with Crippen LogP contribution in [0.2, 0.25) is 0 Å². The Morgan fingerprint density at radius 2 is 1.30 bits per heavy atom. The zero-order chi connectivity index (χ0) is 18.3. The summed E-state index contributed by atoms with van der Waals surface area (Å²) in [6, 6.07) is 11.0. The highest BCUT2D eigenvalue weighted by Crippen LogP contribution is 1.97. The van der Waals surface area contributed by atoms with Crippen LogP contribution in [-0.4, -0.2) is 6.04 Å². The number of benzene rings is 1. The fraction of sp³-hybridized carbons (Fsp3) is 0.364. The van der Waals surface area contributed by atoms with Crippen molar-refractivity contribution in [3.8, 4) is 0 Å². The van der Waals surface area contributed by atoms with Gasteiger partial charge in [0.1, 0.15) is 0 Å². The van der Waals surface area contributed by atoms with Crippen LogP contribution in [0.5, 0.6) is 0 Å². The minimum absolute atomic E-state index is 0.565. The lowest BCUT2D eigenvalue weighted by Crippen LogP contribution is -2.21. The molecule has 23 heavy (non-hydrogen) atoms. The summed E-state index contributed by atoms with van der Waals surface area (Å²) in [5.74, 6) is 0. The molecule has 1 aromatic rings. The third kappa shape index (κ3) is 25.4. The monoisotopic (exact) mass is 315 g/mol. The Labute approximate surface area is 145 Å². The Balaban J connectivity index is -0.000000296. The first-order valence-corrected chi connectivity index (χ1v) is 8.38. The fourth-order valence-corrected chi connectivity index (χ4v) is 1.27. The van der Waals surface area contributed by atoms with Gasteiger partial charge in [-0.15, -0.1) is 13.2 Å². The second-order valence-corrected chi connectivity index (χ2v) is 4.46. The van der Waals surface area contributed by atoms with Crippen LogP contribution in [0, 0.1) is 0 Å². The third-order valence-electron chi connectivity index (χ3n) is 2.28. The minimum atomic E-state index is 0.565. The van der Waals surface area contributed by atoms with Gasteiger partial charge >= 0.3 is 0 Å². The number of hydrogen-bond donors (Lipinski definition) is 1. The summed E-state index contributed by atoms with van der Waals surface area (Å²) < 4.78 is 0. The molecular formula is C22H37N. The van der Waals surface area contributed by atoms with Gasteiger partial charge in [0.25, 0.3) is 0 Å². The van der Waals surface area contributed by atoms with E-state index in [1.165, 1.54) is 5.56 Å². The van der Waals surface area contributed by atoms with Gasteiger partial charge in [0.15, 0.2) is 0 Å². The van der Waals surface area contributed by atoms with Crippen molar-refractivity contribution in [1.82, 2.24) is 5.32 Å². The molecule has 0 saturated heterocycles. The highest BCUT2D eigenvalue weighted by atomic mass is 14.9. The van der Waals surface area contributed by atoms with Crippen LogP contribution in [0.3, 0.4) is 0 Å². The molecule has 0 spiro atoms. The first kappa shape index (κ1) is 26.1. The van der Waals surface area contributed by atoms with E-state index in [1.807, 2.05) is 70.2 Å². The molecule has 0 atom stereocenters. The van der Waals surface area contributed by atoms with Crippen molar-refractivity contribution in [2.75, 3.05) is 0 Å². The maximum Gasteiger partial charge on any atom is 0.0207 e. The van der Waals surface area contributed by atoms with Gasteiger partial charge in [-0.1, -0.05) is 94.5 Å². The van der Waals surface area contributed by atoms with E-state index in [1.54, 1.807) is 0 Å². The summed E-state index contributed by atoms with van der Waals surface area (Å²) in [5, 5.41) is 3.36. The van der Waals surface area contributed by atoms with Crippen LogP contribution in [-0.2, 0) is 6.54 Å². The Bertz CT molecular complexity index is 372. The molecule has 0 heterocycles. The molecule has 1 rings (SSSR count). The average Bonchev–Trinajstić information content (AvgIpc) is 2.62. The number of allylic oxidation sites excluding steroid dienone is 6. The molecule has 0 radical (unpaired) electrons. The Kier molecular flexibility index (Phi) is 28.5. The van der Waals surface area contributed by atoms with E-state index in [9.17, 15) is 0 Å².